The van der Waals surface area contributed by atoms with E-state index in [0.717, 1.165) is 0 Å². The molecule has 1 heterocycles. The maximum absolute atomic E-state index is 12.5. The molecule has 1 amide bonds. The second-order valence-corrected chi connectivity index (χ2v) is 8.76. The first-order valence-electron chi connectivity index (χ1n) is 7.87. The van der Waals surface area contributed by atoms with Crippen LogP contribution in [0.3, 0.4) is 0 Å². The first-order chi connectivity index (χ1) is 11.1. The highest BCUT2D eigenvalue weighted by Gasteiger charge is 2.30. The van der Waals surface area contributed by atoms with Crippen molar-refractivity contribution in [2.45, 2.75) is 50.2 Å². The number of aromatic hydroxyl groups is 1. The number of hydrogen-bond donors (Lipinski definition) is 2. The number of carbonyl (C=O) groups is 1. The Morgan fingerprint density at radius 3 is 2.25 bits per heavy atom. The van der Waals surface area contributed by atoms with Crippen LogP contribution >= 0.6 is 0 Å². The highest BCUT2D eigenvalue weighted by molar-refractivity contribution is 7.89. The molecule has 7 nitrogen and oxygen atoms in total. The van der Waals surface area contributed by atoms with Crippen LogP contribution in [0.5, 0.6) is 5.75 Å². The van der Waals surface area contributed by atoms with Crippen LogP contribution in [0.15, 0.2) is 29.2 Å². The van der Waals surface area contributed by atoms with Crippen molar-refractivity contribution in [3.8, 4) is 5.75 Å². The summed E-state index contributed by atoms with van der Waals surface area (Å²) in [6.45, 7) is 6.02. The Bertz CT molecular complexity index is 671. The monoisotopic (exact) mass is 356 g/mol. The van der Waals surface area contributed by atoms with E-state index in [1.165, 1.54) is 28.6 Å². The molecule has 0 aromatic heterocycles. The smallest absolute Gasteiger partial charge is 0.407 e. The Balaban J connectivity index is 1.92. The summed E-state index contributed by atoms with van der Waals surface area (Å²) in [5, 5.41) is 12.1. The maximum Gasteiger partial charge on any atom is 0.407 e. The number of ether oxygens (including phenoxy) is 1. The lowest BCUT2D eigenvalue weighted by molar-refractivity contribution is 0.0489. The van der Waals surface area contributed by atoms with Gasteiger partial charge in [-0.25, -0.2) is 13.2 Å². The zero-order valence-corrected chi connectivity index (χ0v) is 15.0. The molecule has 0 unspecified atom stereocenters. The molecule has 1 aliphatic heterocycles. The molecule has 1 saturated heterocycles. The first-order valence-corrected chi connectivity index (χ1v) is 9.31. The number of rotatable bonds is 3. The summed E-state index contributed by atoms with van der Waals surface area (Å²) in [7, 11) is -3.58. The van der Waals surface area contributed by atoms with Crippen LogP contribution in [0.4, 0.5) is 4.79 Å². The van der Waals surface area contributed by atoms with Gasteiger partial charge in [-0.15, -0.1) is 0 Å². The third-order valence-corrected chi connectivity index (χ3v) is 5.56. The largest absolute Gasteiger partial charge is 0.508 e. The molecule has 134 valence electrons. The minimum atomic E-state index is -3.58. The van der Waals surface area contributed by atoms with E-state index in [1.807, 2.05) is 0 Å². The van der Waals surface area contributed by atoms with Gasteiger partial charge in [0, 0.05) is 19.1 Å². The van der Waals surface area contributed by atoms with Crippen LogP contribution in [0, 0.1) is 0 Å². The second-order valence-electron chi connectivity index (χ2n) is 6.82. The van der Waals surface area contributed by atoms with E-state index in [0.29, 0.717) is 25.9 Å². The van der Waals surface area contributed by atoms with E-state index in [-0.39, 0.29) is 16.7 Å². The summed E-state index contributed by atoms with van der Waals surface area (Å²) in [5.41, 5.74) is -0.563. The molecular formula is C16H24N2O5S. The van der Waals surface area contributed by atoms with Crippen molar-refractivity contribution in [1.82, 2.24) is 9.62 Å². The van der Waals surface area contributed by atoms with E-state index in [1.54, 1.807) is 20.8 Å². The summed E-state index contributed by atoms with van der Waals surface area (Å²) >= 11 is 0. The fourth-order valence-electron chi connectivity index (χ4n) is 2.48. The number of carbonyl (C=O) groups excluding carboxylic acids is 1. The van der Waals surface area contributed by atoms with Gasteiger partial charge < -0.3 is 15.2 Å². The van der Waals surface area contributed by atoms with Crippen LogP contribution in [-0.2, 0) is 14.8 Å². The Labute approximate surface area is 142 Å². The SMILES string of the molecule is CC(C)(C)OC(=O)NC1CCN(S(=O)(=O)c2ccc(O)cc2)CC1. The Morgan fingerprint density at radius 1 is 1.21 bits per heavy atom. The second kappa shape index (κ2) is 6.98. The zero-order chi connectivity index (χ0) is 18.0. The molecule has 0 radical (unpaired) electrons. The molecule has 2 rings (SSSR count). The highest BCUT2D eigenvalue weighted by Crippen LogP contribution is 2.22. The molecule has 1 aromatic carbocycles. The summed E-state index contributed by atoms with van der Waals surface area (Å²) in [6, 6.07) is 5.37. The van der Waals surface area contributed by atoms with Crippen molar-refractivity contribution < 1.29 is 23.1 Å². The summed E-state index contributed by atoms with van der Waals surface area (Å²) in [4.78, 5) is 11.9. The summed E-state index contributed by atoms with van der Waals surface area (Å²) in [5.74, 6) is 0.0224. The maximum atomic E-state index is 12.5. The Morgan fingerprint density at radius 2 is 1.75 bits per heavy atom. The number of nitrogens with zero attached hydrogens (tertiary/aromatic N) is 1. The molecule has 1 fully saturated rings. The third kappa shape index (κ3) is 4.85. The molecule has 1 aromatic rings. The number of amides is 1. The lowest BCUT2D eigenvalue weighted by atomic mass is 10.1. The Kier molecular flexibility index (Phi) is 5.39. The minimum Gasteiger partial charge on any atom is -0.508 e. The summed E-state index contributed by atoms with van der Waals surface area (Å²) in [6.07, 6.45) is 0.565. The normalized spacial score (nSPS) is 17.5. The molecule has 0 spiro atoms. The van der Waals surface area contributed by atoms with Gasteiger partial charge >= 0.3 is 6.09 Å². The number of benzene rings is 1. The topological polar surface area (TPSA) is 95.9 Å². The van der Waals surface area contributed by atoms with Crippen molar-refractivity contribution in [1.29, 1.82) is 0 Å². The quantitative estimate of drug-likeness (QED) is 0.864. The standard InChI is InChI=1S/C16H24N2O5S/c1-16(2,3)23-15(20)17-12-8-10-18(11-9-12)24(21,22)14-6-4-13(19)5-7-14/h4-7,12,19H,8-11H2,1-3H3,(H,17,20). The fourth-order valence-corrected chi connectivity index (χ4v) is 3.95. The van der Waals surface area contributed by atoms with Gasteiger partial charge in [-0.1, -0.05) is 0 Å². The minimum absolute atomic E-state index is 0.0224. The number of phenolic OH excluding ortho intramolecular Hbond substituents is 1. The Hall–Kier alpha value is -1.80. The molecule has 0 saturated carbocycles. The van der Waals surface area contributed by atoms with Gasteiger partial charge in [0.2, 0.25) is 10.0 Å². The van der Waals surface area contributed by atoms with Gasteiger partial charge in [-0.3, -0.25) is 0 Å². The number of nitrogens with one attached hydrogen (secondary N) is 1. The summed E-state index contributed by atoms with van der Waals surface area (Å²) < 4.78 is 31.7. The number of phenols is 1. The van der Waals surface area contributed by atoms with Gasteiger partial charge in [0.25, 0.3) is 0 Å². The molecule has 8 heteroatoms. The van der Waals surface area contributed by atoms with Gasteiger partial charge in [0.1, 0.15) is 11.4 Å². The molecule has 0 aliphatic carbocycles. The van der Waals surface area contributed by atoms with Gasteiger partial charge in [-0.05, 0) is 57.9 Å². The van der Waals surface area contributed by atoms with Crippen LogP contribution in [0.1, 0.15) is 33.6 Å². The van der Waals surface area contributed by atoms with Gasteiger partial charge in [-0.2, -0.15) is 4.31 Å². The number of sulfonamides is 1. The zero-order valence-electron chi connectivity index (χ0n) is 14.2. The van der Waals surface area contributed by atoms with Gasteiger partial charge in [0.05, 0.1) is 4.90 Å². The van der Waals surface area contributed by atoms with E-state index in [9.17, 15) is 18.3 Å². The lowest BCUT2D eigenvalue weighted by Crippen LogP contribution is -2.47. The third-order valence-electron chi connectivity index (χ3n) is 3.65. The predicted molar refractivity (Wildman–Crippen MR) is 89.3 cm³/mol. The van der Waals surface area contributed by atoms with Crippen molar-refractivity contribution in [2.75, 3.05) is 13.1 Å². The van der Waals surface area contributed by atoms with E-state index in [2.05, 4.69) is 5.32 Å². The van der Waals surface area contributed by atoms with Crippen LogP contribution in [0.2, 0.25) is 0 Å². The first kappa shape index (κ1) is 18.5. The van der Waals surface area contributed by atoms with Crippen molar-refractivity contribution in [3.63, 3.8) is 0 Å². The van der Waals surface area contributed by atoms with Crippen molar-refractivity contribution in [3.05, 3.63) is 24.3 Å². The van der Waals surface area contributed by atoms with Crippen molar-refractivity contribution >= 4 is 16.1 Å². The average Bonchev–Trinajstić information content (AvgIpc) is 2.46. The molecule has 2 N–H and O–H groups in total. The van der Waals surface area contributed by atoms with Crippen LogP contribution in [-0.4, -0.2) is 48.7 Å². The molecule has 24 heavy (non-hydrogen) atoms. The van der Waals surface area contributed by atoms with E-state index in [4.69, 9.17) is 4.74 Å². The fraction of sp³-hybridized carbons (Fsp3) is 0.562. The molecule has 0 bridgehead atoms. The number of piperidine rings is 1. The molecule has 1 aliphatic rings. The predicted octanol–water partition coefficient (Wildman–Crippen LogP) is 2.07. The molecule has 0 atom stereocenters. The lowest BCUT2D eigenvalue weighted by Gasteiger charge is -2.32. The molecular weight excluding hydrogens is 332 g/mol. The average molecular weight is 356 g/mol. The van der Waals surface area contributed by atoms with Crippen LogP contribution < -0.4 is 5.32 Å². The van der Waals surface area contributed by atoms with E-state index >= 15 is 0 Å². The number of hydrogen-bond acceptors (Lipinski definition) is 5. The van der Waals surface area contributed by atoms with Crippen LogP contribution in [0.25, 0.3) is 0 Å². The van der Waals surface area contributed by atoms with E-state index < -0.39 is 21.7 Å². The number of alkyl carbamates (subject to hydrolysis) is 1. The van der Waals surface area contributed by atoms with Gasteiger partial charge in [0.15, 0.2) is 0 Å². The highest BCUT2D eigenvalue weighted by atomic mass is 32.2. The van der Waals surface area contributed by atoms with Crippen molar-refractivity contribution in [2.24, 2.45) is 0 Å².